The molecular formula is C14H12N2O. The Morgan fingerprint density at radius 1 is 0.882 bits per heavy atom. The van der Waals surface area contributed by atoms with Crippen molar-refractivity contribution in [2.24, 2.45) is 5.11 Å². The summed E-state index contributed by atoms with van der Waals surface area (Å²) in [7, 11) is 0. The summed E-state index contributed by atoms with van der Waals surface area (Å²) in [6.45, 7) is 0. The number of benzene rings is 2. The predicted octanol–water partition coefficient (Wildman–Crippen LogP) is 3.95. The van der Waals surface area contributed by atoms with Crippen LogP contribution < -0.4 is 0 Å². The monoisotopic (exact) mass is 224 g/mol. The van der Waals surface area contributed by atoms with Crippen molar-refractivity contribution in [1.82, 2.24) is 0 Å². The van der Waals surface area contributed by atoms with Gasteiger partial charge in [-0.05, 0) is 11.6 Å². The maximum Gasteiger partial charge on any atom is 0.244 e. The first-order valence-corrected chi connectivity index (χ1v) is 5.31. The number of hydrogen-bond donors (Lipinski definition) is 0. The summed E-state index contributed by atoms with van der Waals surface area (Å²) >= 11 is 0. The molecule has 0 saturated carbocycles. The standard InChI is InChI=1S/C14H12N2O/c17-16(14-9-5-2-6-10-14)15-12-11-13-7-3-1-4-8-13/h1-12H. The highest BCUT2D eigenvalue weighted by atomic mass is 16.5. The molecular weight excluding hydrogens is 212 g/mol. The van der Waals surface area contributed by atoms with Crippen LogP contribution in [0, 0.1) is 5.21 Å². The normalized spacial score (nSPS) is 11.9. The minimum Gasteiger partial charge on any atom is -0.594 e. The summed E-state index contributed by atoms with van der Waals surface area (Å²) in [6, 6.07) is 18.6. The van der Waals surface area contributed by atoms with Gasteiger partial charge in [0.25, 0.3) is 0 Å². The molecule has 0 aliphatic rings. The molecule has 0 spiro atoms. The zero-order valence-electron chi connectivity index (χ0n) is 9.23. The number of nitrogens with zero attached hydrogens (tertiary/aromatic N) is 2. The Balaban J connectivity index is 2.09. The Hall–Kier alpha value is -2.42. The minimum atomic E-state index is 0.519. The lowest BCUT2D eigenvalue weighted by atomic mass is 10.2. The molecule has 0 heterocycles. The molecule has 0 unspecified atom stereocenters. The van der Waals surface area contributed by atoms with Crippen LogP contribution in [-0.2, 0) is 0 Å². The highest BCUT2D eigenvalue weighted by Gasteiger charge is 1.97. The Bertz CT molecular complexity index is 518. The van der Waals surface area contributed by atoms with Gasteiger partial charge in [-0.25, -0.2) is 0 Å². The summed E-state index contributed by atoms with van der Waals surface area (Å²) in [6.07, 6.45) is 3.28. The van der Waals surface area contributed by atoms with Crippen LogP contribution in [0.2, 0.25) is 0 Å². The van der Waals surface area contributed by atoms with E-state index < -0.39 is 0 Å². The fourth-order valence-corrected chi connectivity index (χ4v) is 1.37. The predicted molar refractivity (Wildman–Crippen MR) is 67.6 cm³/mol. The van der Waals surface area contributed by atoms with Crippen LogP contribution in [0.1, 0.15) is 5.56 Å². The van der Waals surface area contributed by atoms with E-state index in [-0.39, 0.29) is 0 Å². The average Bonchev–Trinajstić information content (AvgIpc) is 2.41. The first-order valence-electron chi connectivity index (χ1n) is 5.31. The lowest BCUT2D eigenvalue weighted by molar-refractivity contribution is -0.436. The van der Waals surface area contributed by atoms with Crippen molar-refractivity contribution in [3.8, 4) is 0 Å². The molecule has 0 radical (unpaired) electrons. The Labute approximate surface area is 99.9 Å². The fraction of sp³-hybridized carbons (Fsp3) is 0. The van der Waals surface area contributed by atoms with Crippen molar-refractivity contribution >= 4 is 11.8 Å². The van der Waals surface area contributed by atoms with Gasteiger partial charge in [0.15, 0.2) is 0 Å². The summed E-state index contributed by atoms with van der Waals surface area (Å²) in [5, 5.41) is 15.3. The SMILES string of the molecule is [O-][N+](=NC=Cc1ccccc1)c1ccccc1. The second-order valence-electron chi connectivity index (χ2n) is 3.45. The fourth-order valence-electron chi connectivity index (χ4n) is 1.37. The number of azo groups is 1. The van der Waals surface area contributed by atoms with Gasteiger partial charge in [0, 0.05) is 17.2 Å². The molecule has 0 fully saturated rings. The van der Waals surface area contributed by atoms with E-state index in [0.29, 0.717) is 10.5 Å². The van der Waals surface area contributed by atoms with Crippen molar-refractivity contribution in [1.29, 1.82) is 0 Å². The van der Waals surface area contributed by atoms with Gasteiger partial charge in [-0.1, -0.05) is 53.4 Å². The summed E-state index contributed by atoms with van der Waals surface area (Å²) in [5.41, 5.74) is 1.53. The van der Waals surface area contributed by atoms with Gasteiger partial charge in [0.1, 0.15) is 0 Å². The third-order valence-corrected chi connectivity index (χ3v) is 2.22. The number of rotatable bonds is 3. The molecule has 17 heavy (non-hydrogen) atoms. The van der Waals surface area contributed by atoms with Gasteiger partial charge < -0.3 is 5.21 Å². The molecule has 3 nitrogen and oxygen atoms in total. The van der Waals surface area contributed by atoms with E-state index in [2.05, 4.69) is 5.11 Å². The number of hydrogen-bond acceptors (Lipinski definition) is 2. The largest absolute Gasteiger partial charge is 0.594 e. The smallest absolute Gasteiger partial charge is 0.244 e. The summed E-state index contributed by atoms with van der Waals surface area (Å²) < 4.78 is 0. The van der Waals surface area contributed by atoms with Crippen LogP contribution in [0.3, 0.4) is 0 Å². The third kappa shape index (κ3) is 3.28. The van der Waals surface area contributed by atoms with Crippen molar-refractivity contribution in [3.63, 3.8) is 0 Å². The van der Waals surface area contributed by atoms with Crippen molar-refractivity contribution in [2.75, 3.05) is 0 Å². The van der Waals surface area contributed by atoms with Crippen molar-refractivity contribution < 1.29 is 4.86 Å². The average molecular weight is 224 g/mol. The molecule has 0 aliphatic carbocycles. The van der Waals surface area contributed by atoms with Crippen LogP contribution in [0.5, 0.6) is 0 Å². The minimum absolute atomic E-state index is 0.519. The number of para-hydroxylation sites is 1. The second kappa shape index (κ2) is 5.61. The molecule has 0 bridgehead atoms. The molecule has 2 aromatic rings. The lowest BCUT2D eigenvalue weighted by Crippen LogP contribution is -1.88. The summed E-state index contributed by atoms with van der Waals surface area (Å²) in [4.78, 5) is 0.597. The zero-order chi connectivity index (χ0) is 11.9. The summed E-state index contributed by atoms with van der Waals surface area (Å²) in [5.74, 6) is 0. The van der Waals surface area contributed by atoms with E-state index in [1.54, 1.807) is 30.3 Å². The van der Waals surface area contributed by atoms with Gasteiger partial charge in [-0.3, -0.25) is 0 Å². The zero-order valence-corrected chi connectivity index (χ0v) is 9.23. The Kier molecular flexibility index (Phi) is 3.65. The highest BCUT2D eigenvalue weighted by Crippen LogP contribution is 2.10. The molecule has 0 saturated heterocycles. The van der Waals surface area contributed by atoms with Crippen LogP contribution in [-0.4, -0.2) is 4.86 Å². The molecule has 0 atom stereocenters. The second-order valence-corrected chi connectivity index (χ2v) is 3.45. The first kappa shape index (κ1) is 11.1. The van der Waals surface area contributed by atoms with Crippen LogP contribution >= 0.6 is 0 Å². The van der Waals surface area contributed by atoms with E-state index in [4.69, 9.17) is 0 Å². The van der Waals surface area contributed by atoms with E-state index in [1.807, 2.05) is 36.4 Å². The van der Waals surface area contributed by atoms with Gasteiger partial charge >= 0.3 is 0 Å². The topological polar surface area (TPSA) is 38.4 Å². The molecule has 3 heteroatoms. The van der Waals surface area contributed by atoms with Gasteiger partial charge in [-0.15, -0.1) is 0 Å². The van der Waals surface area contributed by atoms with E-state index in [0.717, 1.165) is 5.56 Å². The Morgan fingerprint density at radius 3 is 2.12 bits per heavy atom. The maximum atomic E-state index is 11.5. The molecule has 2 aromatic carbocycles. The molecule has 2 rings (SSSR count). The Morgan fingerprint density at radius 2 is 1.47 bits per heavy atom. The maximum absolute atomic E-state index is 11.5. The van der Waals surface area contributed by atoms with Gasteiger partial charge in [0.05, 0.1) is 6.20 Å². The molecule has 0 N–H and O–H groups in total. The van der Waals surface area contributed by atoms with Gasteiger partial charge in [-0.2, -0.15) is 0 Å². The van der Waals surface area contributed by atoms with E-state index in [1.165, 1.54) is 6.20 Å². The third-order valence-electron chi connectivity index (χ3n) is 2.22. The molecule has 84 valence electrons. The first-order chi connectivity index (χ1) is 8.36. The quantitative estimate of drug-likeness (QED) is 0.442. The van der Waals surface area contributed by atoms with Crippen molar-refractivity contribution in [2.45, 2.75) is 0 Å². The van der Waals surface area contributed by atoms with Crippen LogP contribution in [0.15, 0.2) is 72.0 Å². The highest BCUT2D eigenvalue weighted by molar-refractivity contribution is 5.48. The molecule has 0 aromatic heterocycles. The van der Waals surface area contributed by atoms with Crippen molar-refractivity contribution in [3.05, 3.63) is 77.6 Å². The lowest BCUT2D eigenvalue weighted by Gasteiger charge is -1.96. The van der Waals surface area contributed by atoms with E-state index in [9.17, 15) is 5.21 Å². The van der Waals surface area contributed by atoms with Crippen LogP contribution in [0.25, 0.3) is 6.08 Å². The molecule has 0 aliphatic heterocycles. The van der Waals surface area contributed by atoms with Gasteiger partial charge in [0.2, 0.25) is 5.69 Å². The molecule has 0 amide bonds. The van der Waals surface area contributed by atoms with E-state index >= 15 is 0 Å². The van der Waals surface area contributed by atoms with Crippen LogP contribution in [0.4, 0.5) is 5.69 Å².